The number of thiophene rings is 1. The molecule has 0 bridgehead atoms. The first-order valence-corrected chi connectivity index (χ1v) is 6.12. The van der Waals surface area contributed by atoms with Crippen molar-refractivity contribution in [3.63, 3.8) is 0 Å². The third-order valence-electron chi connectivity index (χ3n) is 2.43. The van der Waals surface area contributed by atoms with Crippen LogP contribution in [0.1, 0.15) is 16.0 Å². The number of hydrogen-bond donors (Lipinski definition) is 1. The summed E-state index contributed by atoms with van der Waals surface area (Å²) in [6.45, 7) is 3.26. The van der Waals surface area contributed by atoms with Gasteiger partial charge in [0.25, 0.3) is 0 Å². The number of hydrogen-bond acceptors (Lipinski definition) is 3. The van der Waals surface area contributed by atoms with E-state index in [-0.39, 0.29) is 0 Å². The average Bonchev–Trinajstić information content (AvgIpc) is 2.80. The zero-order chi connectivity index (χ0) is 11.4. The predicted molar refractivity (Wildman–Crippen MR) is 67.7 cm³/mol. The number of rotatable bonds is 4. The van der Waals surface area contributed by atoms with Crippen molar-refractivity contribution < 1.29 is 4.74 Å². The highest BCUT2D eigenvalue weighted by Crippen LogP contribution is 2.21. The van der Waals surface area contributed by atoms with Gasteiger partial charge >= 0.3 is 0 Å². The van der Waals surface area contributed by atoms with Gasteiger partial charge in [0.2, 0.25) is 0 Å². The van der Waals surface area contributed by atoms with E-state index in [4.69, 9.17) is 10.5 Å². The minimum absolute atomic E-state index is 0.575. The van der Waals surface area contributed by atoms with E-state index in [1.165, 1.54) is 4.88 Å². The summed E-state index contributed by atoms with van der Waals surface area (Å²) in [7, 11) is 0. The summed E-state index contributed by atoms with van der Waals surface area (Å²) >= 11 is 1.71. The van der Waals surface area contributed by atoms with E-state index < -0.39 is 0 Å². The Hall–Kier alpha value is -1.32. The van der Waals surface area contributed by atoms with Crippen molar-refractivity contribution in [2.45, 2.75) is 20.1 Å². The van der Waals surface area contributed by atoms with Crippen molar-refractivity contribution in [3.05, 3.63) is 51.7 Å². The molecule has 1 aromatic carbocycles. The summed E-state index contributed by atoms with van der Waals surface area (Å²) in [5.74, 6) is 0.936. The van der Waals surface area contributed by atoms with Gasteiger partial charge in [0.1, 0.15) is 12.4 Å². The molecule has 16 heavy (non-hydrogen) atoms. The van der Waals surface area contributed by atoms with Crippen molar-refractivity contribution in [1.82, 2.24) is 0 Å². The normalized spacial score (nSPS) is 10.4. The fourth-order valence-electron chi connectivity index (χ4n) is 1.54. The monoisotopic (exact) mass is 233 g/mol. The van der Waals surface area contributed by atoms with Crippen LogP contribution in [0.5, 0.6) is 5.75 Å². The molecule has 2 N–H and O–H groups in total. The van der Waals surface area contributed by atoms with E-state index in [1.54, 1.807) is 11.3 Å². The van der Waals surface area contributed by atoms with Crippen LogP contribution in [0.4, 0.5) is 0 Å². The highest BCUT2D eigenvalue weighted by atomic mass is 32.1. The number of ether oxygens (including phenoxy) is 1. The molecule has 1 aromatic heterocycles. The summed E-state index contributed by atoms with van der Waals surface area (Å²) < 4.78 is 5.75. The third kappa shape index (κ3) is 2.62. The van der Waals surface area contributed by atoms with Gasteiger partial charge in [-0.25, -0.2) is 0 Å². The predicted octanol–water partition coefficient (Wildman–Crippen LogP) is 3.09. The van der Waals surface area contributed by atoms with E-state index in [9.17, 15) is 0 Å². The van der Waals surface area contributed by atoms with Crippen LogP contribution in [0.3, 0.4) is 0 Å². The minimum Gasteiger partial charge on any atom is -0.488 e. The summed E-state index contributed by atoms with van der Waals surface area (Å²) in [5, 5.41) is 2.06. The van der Waals surface area contributed by atoms with Gasteiger partial charge in [0.05, 0.1) is 0 Å². The second-order valence-electron chi connectivity index (χ2n) is 3.67. The Morgan fingerprint density at radius 3 is 2.81 bits per heavy atom. The van der Waals surface area contributed by atoms with Crippen molar-refractivity contribution in [2.24, 2.45) is 5.73 Å². The summed E-state index contributed by atoms with van der Waals surface area (Å²) in [6.07, 6.45) is 0. The lowest BCUT2D eigenvalue weighted by molar-refractivity contribution is 0.307. The van der Waals surface area contributed by atoms with Crippen LogP contribution in [0.2, 0.25) is 0 Å². The number of nitrogens with two attached hydrogens (primary N) is 1. The standard InChI is InChI=1S/C13H15NOS/c1-10-7-11(8-14)4-5-13(10)15-9-12-3-2-6-16-12/h2-7H,8-9,14H2,1H3. The molecule has 2 nitrogen and oxygen atoms in total. The van der Waals surface area contributed by atoms with Gasteiger partial charge in [-0.05, 0) is 35.6 Å². The molecule has 0 spiro atoms. The fourth-order valence-corrected chi connectivity index (χ4v) is 2.16. The average molecular weight is 233 g/mol. The van der Waals surface area contributed by atoms with Gasteiger partial charge < -0.3 is 10.5 Å². The molecular weight excluding hydrogens is 218 g/mol. The second-order valence-corrected chi connectivity index (χ2v) is 4.70. The molecule has 2 rings (SSSR count). The second kappa shape index (κ2) is 5.14. The molecule has 84 valence electrons. The Bertz CT molecular complexity index is 451. The first kappa shape index (κ1) is 11.2. The number of aryl methyl sites for hydroxylation is 1. The molecule has 0 fully saturated rings. The highest BCUT2D eigenvalue weighted by molar-refractivity contribution is 7.09. The molecule has 0 aliphatic carbocycles. The van der Waals surface area contributed by atoms with E-state index in [2.05, 4.69) is 17.5 Å². The van der Waals surface area contributed by atoms with Crippen molar-refractivity contribution in [2.75, 3.05) is 0 Å². The zero-order valence-electron chi connectivity index (χ0n) is 9.27. The van der Waals surface area contributed by atoms with Crippen LogP contribution >= 0.6 is 11.3 Å². The van der Waals surface area contributed by atoms with Gasteiger partial charge in [-0.1, -0.05) is 18.2 Å². The van der Waals surface area contributed by atoms with E-state index in [0.717, 1.165) is 16.9 Å². The first-order valence-electron chi connectivity index (χ1n) is 5.24. The van der Waals surface area contributed by atoms with Gasteiger partial charge in [-0.15, -0.1) is 11.3 Å². The van der Waals surface area contributed by atoms with E-state index in [1.807, 2.05) is 25.1 Å². The van der Waals surface area contributed by atoms with E-state index in [0.29, 0.717) is 13.2 Å². The Morgan fingerprint density at radius 1 is 1.31 bits per heavy atom. The molecule has 0 saturated heterocycles. The smallest absolute Gasteiger partial charge is 0.122 e. The maximum absolute atomic E-state index is 5.75. The first-order chi connectivity index (χ1) is 7.79. The Balaban J connectivity index is 2.04. The quantitative estimate of drug-likeness (QED) is 0.880. The van der Waals surface area contributed by atoms with Crippen molar-refractivity contribution in [3.8, 4) is 5.75 Å². The molecule has 0 amide bonds. The lowest BCUT2D eigenvalue weighted by Crippen LogP contribution is -1.99. The molecule has 0 aliphatic heterocycles. The molecule has 0 unspecified atom stereocenters. The lowest BCUT2D eigenvalue weighted by Gasteiger charge is -2.09. The minimum atomic E-state index is 0.575. The molecule has 1 heterocycles. The van der Waals surface area contributed by atoms with Crippen LogP contribution < -0.4 is 10.5 Å². The summed E-state index contributed by atoms with van der Waals surface area (Å²) in [5.41, 5.74) is 7.86. The van der Waals surface area contributed by atoms with E-state index >= 15 is 0 Å². The Kier molecular flexibility index (Phi) is 3.59. The topological polar surface area (TPSA) is 35.2 Å². The van der Waals surface area contributed by atoms with Gasteiger partial charge in [-0.3, -0.25) is 0 Å². The van der Waals surface area contributed by atoms with Gasteiger partial charge in [-0.2, -0.15) is 0 Å². The van der Waals surface area contributed by atoms with Crippen LogP contribution in [-0.4, -0.2) is 0 Å². The maximum atomic E-state index is 5.75. The van der Waals surface area contributed by atoms with Crippen LogP contribution in [0, 0.1) is 6.92 Å². The largest absolute Gasteiger partial charge is 0.488 e. The van der Waals surface area contributed by atoms with Crippen LogP contribution in [0.15, 0.2) is 35.7 Å². The molecule has 0 aliphatic rings. The zero-order valence-corrected chi connectivity index (χ0v) is 10.1. The highest BCUT2D eigenvalue weighted by Gasteiger charge is 2.01. The third-order valence-corrected chi connectivity index (χ3v) is 3.27. The summed E-state index contributed by atoms with van der Waals surface area (Å²) in [4.78, 5) is 1.24. The summed E-state index contributed by atoms with van der Waals surface area (Å²) in [6, 6.07) is 10.2. The molecular formula is C13H15NOS. The molecule has 0 saturated carbocycles. The van der Waals surface area contributed by atoms with Crippen molar-refractivity contribution in [1.29, 1.82) is 0 Å². The van der Waals surface area contributed by atoms with Gasteiger partial charge in [0, 0.05) is 11.4 Å². The molecule has 2 aromatic rings. The van der Waals surface area contributed by atoms with Crippen molar-refractivity contribution >= 4 is 11.3 Å². The van der Waals surface area contributed by atoms with Crippen LogP contribution in [-0.2, 0) is 13.2 Å². The van der Waals surface area contributed by atoms with Gasteiger partial charge in [0.15, 0.2) is 0 Å². The molecule has 3 heteroatoms. The molecule has 0 radical (unpaired) electrons. The van der Waals surface area contributed by atoms with Crippen LogP contribution in [0.25, 0.3) is 0 Å². The molecule has 0 atom stereocenters. The SMILES string of the molecule is Cc1cc(CN)ccc1OCc1cccs1. The maximum Gasteiger partial charge on any atom is 0.122 e. The fraction of sp³-hybridized carbons (Fsp3) is 0.231. The lowest BCUT2D eigenvalue weighted by atomic mass is 10.1. The number of benzene rings is 1. The Labute approximate surface area is 99.7 Å². The Morgan fingerprint density at radius 2 is 2.19 bits per heavy atom.